The van der Waals surface area contributed by atoms with Crippen LogP contribution in [0.1, 0.15) is 52.4 Å². The number of rotatable bonds is 1. The van der Waals surface area contributed by atoms with E-state index in [1.807, 2.05) is 13.8 Å². The third-order valence-corrected chi connectivity index (χ3v) is 4.69. The molecule has 2 heterocycles. The van der Waals surface area contributed by atoms with Crippen LogP contribution in [0.25, 0.3) is 0 Å². The molecule has 1 aliphatic carbocycles. The average Bonchev–Trinajstić information content (AvgIpc) is 2.78. The second kappa shape index (κ2) is 4.81. The molecule has 0 unspecified atom stereocenters. The number of imide groups is 1. The van der Waals surface area contributed by atoms with E-state index in [4.69, 9.17) is 9.47 Å². The number of carbonyl (C=O) groups excluding carboxylic acids is 2. The van der Waals surface area contributed by atoms with Gasteiger partial charge < -0.3 is 9.47 Å². The van der Waals surface area contributed by atoms with E-state index >= 15 is 0 Å². The van der Waals surface area contributed by atoms with Gasteiger partial charge in [-0.1, -0.05) is 13.8 Å². The number of piperidine rings is 1. The molecule has 2 saturated heterocycles. The van der Waals surface area contributed by atoms with E-state index in [0.717, 1.165) is 25.7 Å². The molecule has 20 heavy (non-hydrogen) atoms. The van der Waals surface area contributed by atoms with Crippen molar-refractivity contribution in [2.75, 3.05) is 13.2 Å². The summed E-state index contributed by atoms with van der Waals surface area (Å²) in [5, 5.41) is 0. The summed E-state index contributed by atoms with van der Waals surface area (Å²) in [7, 11) is 0. The van der Waals surface area contributed by atoms with Gasteiger partial charge in [0.2, 0.25) is 11.8 Å². The summed E-state index contributed by atoms with van der Waals surface area (Å²) in [6.45, 7) is 5.27. The summed E-state index contributed by atoms with van der Waals surface area (Å²) in [5.41, 5.74) is -0.196. The van der Waals surface area contributed by atoms with Crippen molar-refractivity contribution in [3.8, 4) is 0 Å². The highest BCUT2D eigenvalue weighted by molar-refractivity contribution is 5.98. The van der Waals surface area contributed by atoms with Gasteiger partial charge in [-0.15, -0.1) is 0 Å². The lowest BCUT2D eigenvalue weighted by Crippen LogP contribution is -2.53. The maximum absolute atomic E-state index is 12.3. The van der Waals surface area contributed by atoms with Crippen molar-refractivity contribution in [2.45, 2.75) is 64.2 Å². The Bertz CT molecular complexity index is 396. The highest BCUT2D eigenvalue weighted by Gasteiger charge is 2.46. The van der Waals surface area contributed by atoms with Gasteiger partial charge in [-0.2, -0.15) is 0 Å². The maximum Gasteiger partial charge on any atom is 0.229 e. The first-order valence-corrected chi connectivity index (χ1v) is 7.54. The summed E-state index contributed by atoms with van der Waals surface area (Å²) in [5.74, 6) is -0.460. The van der Waals surface area contributed by atoms with Gasteiger partial charge in [0.05, 0.1) is 13.2 Å². The largest absolute Gasteiger partial charge is 0.348 e. The molecule has 5 heteroatoms. The fourth-order valence-electron chi connectivity index (χ4n) is 3.68. The van der Waals surface area contributed by atoms with Gasteiger partial charge in [-0.25, -0.2) is 0 Å². The Morgan fingerprint density at radius 1 is 1.00 bits per heavy atom. The molecule has 0 bridgehead atoms. The van der Waals surface area contributed by atoms with Gasteiger partial charge in [-0.05, 0) is 18.3 Å². The number of ether oxygens (including phenoxy) is 2. The van der Waals surface area contributed by atoms with Crippen LogP contribution < -0.4 is 0 Å². The molecule has 0 atom stereocenters. The second-order valence-corrected chi connectivity index (χ2v) is 7.01. The summed E-state index contributed by atoms with van der Waals surface area (Å²) in [4.78, 5) is 26.1. The van der Waals surface area contributed by atoms with E-state index in [1.54, 1.807) is 0 Å². The highest BCUT2D eigenvalue weighted by Crippen LogP contribution is 2.40. The highest BCUT2D eigenvalue weighted by atomic mass is 16.7. The number of amides is 2. The zero-order valence-electron chi connectivity index (χ0n) is 12.3. The lowest BCUT2D eigenvalue weighted by molar-refractivity contribution is -0.188. The summed E-state index contributed by atoms with van der Waals surface area (Å²) in [6, 6.07) is 0.0320. The monoisotopic (exact) mass is 281 g/mol. The normalized spacial score (nSPS) is 30.2. The molecule has 5 nitrogen and oxygen atoms in total. The van der Waals surface area contributed by atoms with Gasteiger partial charge >= 0.3 is 0 Å². The lowest BCUT2D eigenvalue weighted by Gasteiger charge is -2.43. The molecule has 0 aromatic carbocycles. The van der Waals surface area contributed by atoms with Crippen molar-refractivity contribution in [3.05, 3.63) is 0 Å². The molecule has 0 N–H and O–H groups in total. The first-order valence-electron chi connectivity index (χ1n) is 7.54. The third kappa shape index (κ3) is 2.49. The molecule has 0 aromatic rings. The molecule has 1 spiro atoms. The minimum Gasteiger partial charge on any atom is -0.348 e. The molecule has 3 rings (SSSR count). The van der Waals surface area contributed by atoms with E-state index in [1.165, 1.54) is 4.90 Å². The Labute approximate surface area is 119 Å². The van der Waals surface area contributed by atoms with E-state index in [2.05, 4.69) is 0 Å². The predicted octanol–water partition coefficient (Wildman–Crippen LogP) is 1.85. The van der Waals surface area contributed by atoms with Crippen LogP contribution in [0.4, 0.5) is 0 Å². The smallest absolute Gasteiger partial charge is 0.229 e. The van der Waals surface area contributed by atoms with E-state index < -0.39 is 5.79 Å². The van der Waals surface area contributed by atoms with Gasteiger partial charge in [0.1, 0.15) is 0 Å². The average molecular weight is 281 g/mol. The first-order chi connectivity index (χ1) is 9.41. The number of hydrogen-bond acceptors (Lipinski definition) is 4. The molecule has 2 amide bonds. The Hall–Kier alpha value is -0.940. The number of carbonyl (C=O) groups is 2. The van der Waals surface area contributed by atoms with Gasteiger partial charge in [-0.3, -0.25) is 14.5 Å². The minimum atomic E-state index is -0.433. The molecule has 3 fully saturated rings. The van der Waals surface area contributed by atoms with E-state index in [-0.39, 0.29) is 23.3 Å². The van der Waals surface area contributed by atoms with Crippen LogP contribution in [-0.2, 0) is 19.1 Å². The van der Waals surface area contributed by atoms with Crippen LogP contribution in [0.3, 0.4) is 0 Å². The summed E-state index contributed by atoms with van der Waals surface area (Å²) < 4.78 is 11.4. The maximum atomic E-state index is 12.3. The molecular formula is C15H23NO4. The fourth-order valence-corrected chi connectivity index (χ4v) is 3.68. The predicted molar refractivity (Wildman–Crippen MR) is 71.8 cm³/mol. The Morgan fingerprint density at radius 2 is 1.50 bits per heavy atom. The van der Waals surface area contributed by atoms with Crippen molar-refractivity contribution in [1.82, 2.24) is 4.90 Å². The van der Waals surface area contributed by atoms with Crippen LogP contribution >= 0.6 is 0 Å². The molecule has 2 aliphatic heterocycles. The zero-order chi connectivity index (χ0) is 14.4. The van der Waals surface area contributed by atoms with Crippen molar-refractivity contribution >= 4 is 11.8 Å². The molecule has 3 aliphatic rings. The summed E-state index contributed by atoms with van der Waals surface area (Å²) in [6.07, 6.45) is 4.06. The molecule has 112 valence electrons. The molecule has 0 aromatic heterocycles. The van der Waals surface area contributed by atoms with Crippen LogP contribution in [0.15, 0.2) is 0 Å². The zero-order valence-corrected chi connectivity index (χ0v) is 12.3. The Morgan fingerprint density at radius 3 is 2.00 bits per heavy atom. The van der Waals surface area contributed by atoms with Gasteiger partial charge in [0.25, 0.3) is 0 Å². The Balaban J connectivity index is 1.66. The number of nitrogens with zero attached hydrogens (tertiary/aromatic N) is 1. The second-order valence-electron chi connectivity index (χ2n) is 7.01. The van der Waals surface area contributed by atoms with E-state index in [9.17, 15) is 9.59 Å². The van der Waals surface area contributed by atoms with Crippen LogP contribution in [0, 0.1) is 5.41 Å². The Kier molecular flexibility index (Phi) is 3.37. The van der Waals surface area contributed by atoms with Crippen LogP contribution in [-0.4, -0.2) is 41.8 Å². The van der Waals surface area contributed by atoms with Crippen molar-refractivity contribution in [1.29, 1.82) is 0 Å². The van der Waals surface area contributed by atoms with Crippen LogP contribution in [0.2, 0.25) is 0 Å². The minimum absolute atomic E-state index is 0.0135. The van der Waals surface area contributed by atoms with Crippen molar-refractivity contribution < 1.29 is 19.1 Å². The molecule has 0 radical (unpaired) electrons. The fraction of sp³-hybridized carbons (Fsp3) is 0.867. The van der Waals surface area contributed by atoms with Gasteiger partial charge in [0.15, 0.2) is 5.79 Å². The first kappa shape index (κ1) is 14.0. The lowest BCUT2D eigenvalue weighted by atomic mass is 9.80. The van der Waals surface area contributed by atoms with Crippen molar-refractivity contribution in [2.24, 2.45) is 5.41 Å². The topological polar surface area (TPSA) is 55.8 Å². The molecular weight excluding hydrogens is 258 g/mol. The van der Waals surface area contributed by atoms with Gasteiger partial charge in [0, 0.05) is 31.7 Å². The number of hydrogen-bond donors (Lipinski definition) is 0. The SMILES string of the molecule is CC1(C)CC(=O)N(C2CCC3(CC2)OCCO3)C(=O)C1. The quantitative estimate of drug-likeness (QED) is 0.688. The summed E-state index contributed by atoms with van der Waals surface area (Å²) >= 11 is 0. The van der Waals surface area contributed by atoms with Crippen molar-refractivity contribution in [3.63, 3.8) is 0 Å². The third-order valence-electron chi connectivity index (χ3n) is 4.69. The molecule has 1 saturated carbocycles. The van der Waals surface area contributed by atoms with E-state index in [0.29, 0.717) is 26.1 Å². The standard InChI is InChI=1S/C15H23NO4/c1-14(2)9-12(17)16(13(18)10-14)11-3-5-15(6-4-11)19-7-8-20-15/h11H,3-10H2,1-2H3. The number of likely N-dealkylation sites (tertiary alicyclic amines) is 1. The van der Waals surface area contributed by atoms with Crippen LogP contribution in [0.5, 0.6) is 0 Å².